The summed E-state index contributed by atoms with van der Waals surface area (Å²) < 4.78 is 38.2. The minimum absolute atomic E-state index is 0.0440. The zero-order chi connectivity index (χ0) is 18.0. The number of benzene rings is 1. The minimum Gasteiger partial charge on any atom is -0.496 e. The van der Waals surface area contributed by atoms with Crippen molar-refractivity contribution in [2.45, 2.75) is 31.4 Å². The lowest BCUT2D eigenvalue weighted by Crippen LogP contribution is -2.62. The molecule has 2 aliphatic rings. The van der Waals surface area contributed by atoms with Crippen LogP contribution in [-0.2, 0) is 4.74 Å². The van der Waals surface area contributed by atoms with Crippen molar-refractivity contribution in [1.29, 1.82) is 0 Å². The summed E-state index contributed by atoms with van der Waals surface area (Å²) >= 11 is 0. The number of carbonyl (C=O) groups is 1. The number of halogens is 2. The molecular formula is C18H24F2N2O3. The summed E-state index contributed by atoms with van der Waals surface area (Å²) in [5.74, 6) is -2.28. The Kier molecular flexibility index (Phi) is 5.24. The van der Waals surface area contributed by atoms with Gasteiger partial charge in [-0.1, -0.05) is 12.1 Å². The largest absolute Gasteiger partial charge is 0.496 e. The van der Waals surface area contributed by atoms with E-state index in [4.69, 9.17) is 9.47 Å². The highest BCUT2D eigenvalue weighted by atomic mass is 19.3. The van der Waals surface area contributed by atoms with Gasteiger partial charge in [0.05, 0.1) is 25.8 Å². The van der Waals surface area contributed by atoms with Gasteiger partial charge in [0.25, 0.3) is 11.8 Å². The molecule has 25 heavy (non-hydrogen) atoms. The molecule has 0 bridgehead atoms. The molecule has 0 spiro atoms. The Labute approximate surface area is 146 Å². The quantitative estimate of drug-likeness (QED) is 0.786. The number of hydrogen-bond donors (Lipinski definition) is 0. The molecule has 138 valence electrons. The Bertz CT molecular complexity index is 620. The molecule has 1 aromatic rings. The number of carbonyl (C=O) groups excluding carboxylic acids is 1. The number of alkyl halides is 2. The molecule has 2 fully saturated rings. The van der Waals surface area contributed by atoms with E-state index in [0.717, 1.165) is 0 Å². The fraction of sp³-hybridized carbons (Fsp3) is 0.611. The normalized spacial score (nSPS) is 23.5. The van der Waals surface area contributed by atoms with Crippen LogP contribution in [-0.4, -0.2) is 73.7 Å². The SMILES string of the molecule is CCOC[C@@H]1CC(F)(F)CN1C1CN(C(=O)c2ccccc2OC)C1. The first-order valence-corrected chi connectivity index (χ1v) is 8.59. The lowest BCUT2D eigenvalue weighted by Gasteiger charge is -2.46. The Morgan fingerprint density at radius 3 is 2.72 bits per heavy atom. The number of methoxy groups -OCH3 is 1. The van der Waals surface area contributed by atoms with Crippen molar-refractivity contribution in [3.05, 3.63) is 29.8 Å². The fourth-order valence-corrected chi connectivity index (χ4v) is 3.58. The molecule has 1 atom stereocenters. The molecule has 0 saturated carbocycles. The van der Waals surface area contributed by atoms with Crippen LogP contribution < -0.4 is 4.74 Å². The highest BCUT2D eigenvalue weighted by Gasteiger charge is 2.50. The molecule has 1 aromatic carbocycles. The highest BCUT2D eigenvalue weighted by Crippen LogP contribution is 2.36. The van der Waals surface area contributed by atoms with E-state index in [9.17, 15) is 13.6 Å². The molecular weight excluding hydrogens is 330 g/mol. The molecule has 3 rings (SSSR count). The van der Waals surface area contributed by atoms with E-state index in [0.29, 0.717) is 37.6 Å². The summed E-state index contributed by atoms with van der Waals surface area (Å²) in [5, 5.41) is 0. The van der Waals surface area contributed by atoms with Crippen LogP contribution in [0.1, 0.15) is 23.7 Å². The van der Waals surface area contributed by atoms with Gasteiger partial charge < -0.3 is 14.4 Å². The van der Waals surface area contributed by atoms with Gasteiger partial charge in [0.2, 0.25) is 0 Å². The molecule has 0 N–H and O–H groups in total. The first-order chi connectivity index (χ1) is 11.9. The third kappa shape index (κ3) is 3.77. The van der Waals surface area contributed by atoms with Crippen molar-refractivity contribution in [2.24, 2.45) is 0 Å². The first-order valence-electron chi connectivity index (χ1n) is 8.59. The number of ether oxygens (including phenoxy) is 2. The second kappa shape index (κ2) is 7.25. The topological polar surface area (TPSA) is 42.0 Å². The van der Waals surface area contributed by atoms with Gasteiger partial charge in [0.15, 0.2) is 0 Å². The van der Waals surface area contributed by atoms with Crippen molar-refractivity contribution in [2.75, 3.05) is 40.0 Å². The van der Waals surface area contributed by atoms with Crippen LogP contribution >= 0.6 is 0 Å². The molecule has 0 aromatic heterocycles. The van der Waals surface area contributed by atoms with E-state index in [1.165, 1.54) is 7.11 Å². The Morgan fingerprint density at radius 2 is 2.04 bits per heavy atom. The molecule has 0 radical (unpaired) electrons. The molecule has 0 unspecified atom stereocenters. The summed E-state index contributed by atoms with van der Waals surface area (Å²) in [6, 6.07) is 6.71. The van der Waals surface area contributed by atoms with Crippen molar-refractivity contribution in [3.63, 3.8) is 0 Å². The number of para-hydroxylation sites is 1. The third-order valence-electron chi connectivity index (χ3n) is 4.89. The third-order valence-corrected chi connectivity index (χ3v) is 4.89. The second-order valence-electron chi connectivity index (χ2n) is 6.61. The molecule has 2 saturated heterocycles. The van der Waals surface area contributed by atoms with Crippen LogP contribution in [0.3, 0.4) is 0 Å². The summed E-state index contributed by atoms with van der Waals surface area (Å²) in [5.41, 5.74) is 0.501. The Hall–Kier alpha value is -1.73. The fourth-order valence-electron chi connectivity index (χ4n) is 3.58. The second-order valence-corrected chi connectivity index (χ2v) is 6.61. The highest BCUT2D eigenvalue weighted by molar-refractivity contribution is 5.97. The van der Waals surface area contributed by atoms with Gasteiger partial charge in [-0.3, -0.25) is 9.69 Å². The first kappa shape index (κ1) is 18.1. The molecule has 2 heterocycles. The van der Waals surface area contributed by atoms with Crippen LogP contribution in [0.5, 0.6) is 5.75 Å². The molecule has 2 aliphatic heterocycles. The summed E-state index contributed by atoms with van der Waals surface area (Å²) in [7, 11) is 1.52. The van der Waals surface area contributed by atoms with Crippen LogP contribution in [0.15, 0.2) is 24.3 Å². The van der Waals surface area contributed by atoms with Gasteiger partial charge >= 0.3 is 0 Å². The van der Waals surface area contributed by atoms with E-state index >= 15 is 0 Å². The van der Waals surface area contributed by atoms with E-state index in [-0.39, 0.29) is 31.0 Å². The minimum atomic E-state index is -2.69. The predicted octanol–water partition coefficient (Wildman–Crippen LogP) is 2.27. The average molecular weight is 354 g/mol. The summed E-state index contributed by atoms with van der Waals surface area (Å²) in [6.07, 6.45) is -0.177. The molecule has 1 amide bonds. The summed E-state index contributed by atoms with van der Waals surface area (Å²) in [6.45, 7) is 3.33. The smallest absolute Gasteiger partial charge is 0.262 e. The molecule has 5 nitrogen and oxygen atoms in total. The van der Waals surface area contributed by atoms with Gasteiger partial charge in [-0.05, 0) is 19.1 Å². The Morgan fingerprint density at radius 1 is 1.32 bits per heavy atom. The van der Waals surface area contributed by atoms with Crippen LogP contribution in [0, 0.1) is 0 Å². The van der Waals surface area contributed by atoms with Crippen molar-refractivity contribution < 1.29 is 23.0 Å². The van der Waals surface area contributed by atoms with E-state index in [1.807, 2.05) is 11.8 Å². The number of rotatable bonds is 6. The molecule has 7 heteroatoms. The van der Waals surface area contributed by atoms with Gasteiger partial charge in [-0.15, -0.1) is 0 Å². The van der Waals surface area contributed by atoms with Gasteiger partial charge in [0, 0.05) is 38.2 Å². The number of nitrogens with zero attached hydrogens (tertiary/aromatic N) is 2. The maximum absolute atomic E-state index is 13.8. The van der Waals surface area contributed by atoms with Crippen molar-refractivity contribution in [3.8, 4) is 5.75 Å². The zero-order valence-electron chi connectivity index (χ0n) is 14.6. The zero-order valence-corrected chi connectivity index (χ0v) is 14.6. The summed E-state index contributed by atoms with van der Waals surface area (Å²) in [4.78, 5) is 16.1. The van der Waals surface area contributed by atoms with E-state index in [1.54, 1.807) is 29.2 Å². The van der Waals surface area contributed by atoms with Crippen LogP contribution in [0.25, 0.3) is 0 Å². The lowest BCUT2D eigenvalue weighted by molar-refractivity contribution is -0.0149. The van der Waals surface area contributed by atoms with Gasteiger partial charge in [0.1, 0.15) is 5.75 Å². The average Bonchev–Trinajstić information content (AvgIpc) is 2.85. The van der Waals surface area contributed by atoms with E-state index < -0.39 is 5.92 Å². The number of amides is 1. The standard InChI is InChI=1S/C18H24F2N2O3/c1-3-25-11-13-8-18(19,20)12-22(13)14-9-21(10-14)17(23)15-6-4-5-7-16(15)24-2/h4-7,13-14H,3,8-12H2,1-2H3/t13-/m0/s1. The van der Waals surface area contributed by atoms with Crippen LogP contribution in [0.2, 0.25) is 0 Å². The van der Waals surface area contributed by atoms with Crippen LogP contribution in [0.4, 0.5) is 8.78 Å². The molecule has 0 aliphatic carbocycles. The maximum Gasteiger partial charge on any atom is 0.262 e. The number of hydrogen-bond acceptors (Lipinski definition) is 4. The maximum atomic E-state index is 13.8. The van der Waals surface area contributed by atoms with E-state index in [2.05, 4.69) is 0 Å². The predicted molar refractivity (Wildman–Crippen MR) is 89.2 cm³/mol. The van der Waals surface area contributed by atoms with Crippen molar-refractivity contribution in [1.82, 2.24) is 9.80 Å². The van der Waals surface area contributed by atoms with Crippen molar-refractivity contribution >= 4 is 5.91 Å². The lowest BCUT2D eigenvalue weighted by atomic mass is 10.0. The monoisotopic (exact) mass is 354 g/mol. The number of likely N-dealkylation sites (tertiary alicyclic amines) is 2. The van der Waals surface area contributed by atoms with Gasteiger partial charge in [-0.25, -0.2) is 8.78 Å². The van der Waals surface area contributed by atoms with Gasteiger partial charge in [-0.2, -0.15) is 0 Å². The Balaban J connectivity index is 1.62.